The monoisotopic (exact) mass is 311 g/mol. The number of H-pyrrole nitrogens is 1. The molecule has 120 valence electrons. The van der Waals surface area contributed by atoms with Gasteiger partial charge in [0.05, 0.1) is 11.4 Å². The molecule has 1 aliphatic heterocycles. The second kappa shape index (κ2) is 5.91. The average Bonchev–Trinajstić information content (AvgIpc) is 2.53. The molecule has 1 aromatic heterocycles. The standard InChI is InChI=1S/C18H21N3O2/c1-11(2)15-10-21(16-7-5-4-6-14(16)20-15)18(23)13-9-19-12(3)8-17(13)22/h4-9,11,15,20H,10H2,1-3H3,(H,19,22)/t15-/m0/s1. The van der Waals surface area contributed by atoms with Crippen molar-refractivity contribution in [1.29, 1.82) is 0 Å². The molecule has 1 amide bonds. The molecule has 3 rings (SSSR count). The summed E-state index contributed by atoms with van der Waals surface area (Å²) in [4.78, 5) is 29.8. The number of aromatic nitrogens is 1. The third-order valence-electron chi connectivity index (χ3n) is 4.25. The molecule has 1 atom stereocenters. The van der Waals surface area contributed by atoms with Gasteiger partial charge in [0.1, 0.15) is 5.56 Å². The Morgan fingerprint density at radius 2 is 2.04 bits per heavy atom. The number of hydrogen-bond acceptors (Lipinski definition) is 3. The molecule has 2 N–H and O–H groups in total. The Morgan fingerprint density at radius 1 is 1.30 bits per heavy atom. The van der Waals surface area contributed by atoms with E-state index in [4.69, 9.17) is 0 Å². The quantitative estimate of drug-likeness (QED) is 0.896. The minimum Gasteiger partial charge on any atom is -0.379 e. The summed E-state index contributed by atoms with van der Waals surface area (Å²) in [6.07, 6.45) is 1.51. The van der Waals surface area contributed by atoms with Gasteiger partial charge in [0.25, 0.3) is 5.91 Å². The molecule has 2 aromatic rings. The van der Waals surface area contributed by atoms with Crippen molar-refractivity contribution < 1.29 is 4.79 Å². The molecule has 0 saturated heterocycles. The molecule has 0 radical (unpaired) electrons. The number of fused-ring (bicyclic) bond motifs is 1. The summed E-state index contributed by atoms with van der Waals surface area (Å²) in [7, 11) is 0. The highest BCUT2D eigenvalue weighted by Crippen LogP contribution is 2.32. The number of nitrogens with zero attached hydrogens (tertiary/aromatic N) is 1. The lowest BCUT2D eigenvalue weighted by Crippen LogP contribution is -2.47. The van der Waals surface area contributed by atoms with E-state index in [1.165, 1.54) is 12.3 Å². The van der Waals surface area contributed by atoms with Crippen molar-refractivity contribution >= 4 is 17.3 Å². The topological polar surface area (TPSA) is 65.2 Å². The van der Waals surface area contributed by atoms with E-state index in [9.17, 15) is 9.59 Å². The highest BCUT2D eigenvalue weighted by atomic mass is 16.2. The zero-order chi connectivity index (χ0) is 16.6. The Labute approximate surface area is 135 Å². The summed E-state index contributed by atoms with van der Waals surface area (Å²) in [6, 6.07) is 9.31. The molecule has 1 aromatic carbocycles. The summed E-state index contributed by atoms with van der Waals surface area (Å²) >= 11 is 0. The Balaban J connectivity index is 2.03. The van der Waals surface area contributed by atoms with Gasteiger partial charge >= 0.3 is 0 Å². The molecule has 1 aliphatic rings. The summed E-state index contributed by atoms with van der Waals surface area (Å²) in [5.74, 6) is 0.112. The van der Waals surface area contributed by atoms with Crippen LogP contribution in [0.4, 0.5) is 11.4 Å². The molecule has 2 heterocycles. The molecular weight excluding hydrogens is 290 g/mol. The Hall–Kier alpha value is -2.56. The third kappa shape index (κ3) is 2.86. The minimum atomic E-state index is -0.258. The maximum absolute atomic E-state index is 12.9. The van der Waals surface area contributed by atoms with E-state index in [1.807, 2.05) is 24.3 Å². The second-order valence-corrected chi connectivity index (χ2v) is 6.32. The Morgan fingerprint density at radius 3 is 2.74 bits per heavy atom. The van der Waals surface area contributed by atoms with Crippen LogP contribution in [-0.2, 0) is 0 Å². The fourth-order valence-corrected chi connectivity index (χ4v) is 2.83. The number of para-hydroxylation sites is 2. The van der Waals surface area contributed by atoms with Crippen LogP contribution in [0.5, 0.6) is 0 Å². The molecule has 0 unspecified atom stereocenters. The zero-order valence-electron chi connectivity index (χ0n) is 13.6. The van der Waals surface area contributed by atoms with Gasteiger partial charge < -0.3 is 15.2 Å². The van der Waals surface area contributed by atoms with Crippen LogP contribution in [0.3, 0.4) is 0 Å². The van der Waals surface area contributed by atoms with Gasteiger partial charge in [0.2, 0.25) is 0 Å². The van der Waals surface area contributed by atoms with Crippen LogP contribution in [-0.4, -0.2) is 23.5 Å². The number of anilines is 2. The number of rotatable bonds is 2. The summed E-state index contributed by atoms with van der Waals surface area (Å²) in [5.41, 5.74) is 2.41. The molecule has 5 nitrogen and oxygen atoms in total. The number of aromatic amines is 1. The van der Waals surface area contributed by atoms with Crippen molar-refractivity contribution in [2.24, 2.45) is 5.92 Å². The lowest BCUT2D eigenvalue weighted by atomic mass is 9.99. The van der Waals surface area contributed by atoms with Gasteiger partial charge in [-0.05, 0) is 25.0 Å². The normalized spacial score (nSPS) is 16.9. The first-order valence-electron chi connectivity index (χ1n) is 7.84. The van der Waals surface area contributed by atoms with E-state index in [1.54, 1.807) is 11.8 Å². The van der Waals surface area contributed by atoms with Crippen LogP contribution in [0.15, 0.2) is 41.3 Å². The van der Waals surface area contributed by atoms with Crippen LogP contribution in [0, 0.1) is 12.8 Å². The van der Waals surface area contributed by atoms with Crippen molar-refractivity contribution in [3.63, 3.8) is 0 Å². The van der Waals surface area contributed by atoms with E-state index in [0.29, 0.717) is 12.5 Å². The summed E-state index contributed by atoms with van der Waals surface area (Å²) in [6.45, 7) is 6.57. The van der Waals surface area contributed by atoms with Crippen molar-refractivity contribution in [2.45, 2.75) is 26.8 Å². The first-order valence-corrected chi connectivity index (χ1v) is 7.84. The molecule has 0 spiro atoms. The van der Waals surface area contributed by atoms with Crippen molar-refractivity contribution in [1.82, 2.24) is 4.98 Å². The van der Waals surface area contributed by atoms with Crippen LogP contribution in [0.2, 0.25) is 0 Å². The first-order chi connectivity index (χ1) is 11.0. The molecule has 0 saturated carbocycles. The molecule has 0 fully saturated rings. The Bertz CT molecular complexity index is 795. The number of carbonyl (C=O) groups is 1. The fourth-order valence-electron chi connectivity index (χ4n) is 2.83. The minimum absolute atomic E-state index is 0.151. The van der Waals surface area contributed by atoms with E-state index >= 15 is 0 Å². The zero-order valence-corrected chi connectivity index (χ0v) is 13.6. The van der Waals surface area contributed by atoms with Gasteiger partial charge in [-0.25, -0.2) is 0 Å². The van der Waals surface area contributed by atoms with Gasteiger partial charge in [0, 0.05) is 30.5 Å². The number of benzene rings is 1. The van der Waals surface area contributed by atoms with Crippen molar-refractivity contribution in [3.8, 4) is 0 Å². The third-order valence-corrected chi connectivity index (χ3v) is 4.25. The fraction of sp³-hybridized carbons (Fsp3) is 0.333. The van der Waals surface area contributed by atoms with Gasteiger partial charge in [-0.1, -0.05) is 26.0 Å². The van der Waals surface area contributed by atoms with E-state index in [2.05, 4.69) is 24.1 Å². The number of aryl methyl sites for hydroxylation is 1. The molecule has 23 heavy (non-hydrogen) atoms. The van der Waals surface area contributed by atoms with Crippen LogP contribution in [0.25, 0.3) is 0 Å². The second-order valence-electron chi connectivity index (χ2n) is 6.32. The van der Waals surface area contributed by atoms with Gasteiger partial charge in [-0.3, -0.25) is 9.59 Å². The highest BCUT2D eigenvalue weighted by molar-refractivity contribution is 6.08. The molecule has 5 heteroatoms. The van der Waals surface area contributed by atoms with Crippen LogP contribution in [0.1, 0.15) is 29.9 Å². The molecular formula is C18H21N3O2. The van der Waals surface area contributed by atoms with Crippen LogP contribution >= 0.6 is 0 Å². The summed E-state index contributed by atoms with van der Waals surface area (Å²) < 4.78 is 0. The van der Waals surface area contributed by atoms with Crippen molar-refractivity contribution in [3.05, 3.63) is 58.0 Å². The predicted octanol–water partition coefficient (Wildman–Crippen LogP) is 2.78. The van der Waals surface area contributed by atoms with Crippen molar-refractivity contribution in [2.75, 3.05) is 16.8 Å². The number of carbonyl (C=O) groups excluding carboxylic acids is 1. The molecule has 0 bridgehead atoms. The van der Waals surface area contributed by atoms with E-state index < -0.39 is 0 Å². The number of pyridine rings is 1. The molecule has 0 aliphatic carbocycles. The first kappa shape index (κ1) is 15.3. The lowest BCUT2D eigenvalue weighted by molar-refractivity contribution is 0.0982. The van der Waals surface area contributed by atoms with Gasteiger partial charge in [-0.2, -0.15) is 0 Å². The number of amides is 1. The number of nitrogens with one attached hydrogen (secondary N) is 2. The predicted molar refractivity (Wildman–Crippen MR) is 92.2 cm³/mol. The van der Waals surface area contributed by atoms with Crippen LogP contribution < -0.4 is 15.6 Å². The highest BCUT2D eigenvalue weighted by Gasteiger charge is 2.30. The van der Waals surface area contributed by atoms with Gasteiger partial charge in [-0.15, -0.1) is 0 Å². The SMILES string of the molecule is Cc1cc(=O)c(C(=O)N2C[C@@H](C(C)C)Nc3ccccc32)c[nH]1. The Kier molecular flexibility index (Phi) is 3.94. The maximum Gasteiger partial charge on any atom is 0.263 e. The average molecular weight is 311 g/mol. The summed E-state index contributed by atoms with van der Waals surface area (Å²) in [5, 5.41) is 3.48. The number of hydrogen-bond donors (Lipinski definition) is 2. The maximum atomic E-state index is 12.9. The smallest absolute Gasteiger partial charge is 0.263 e. The van der Waals surface area contributed by atoms with E-state index in [0.717, 1.165) is 17.1 Å². The lowest BCUT2D eigenvalue weighted by Gasteiger charge is -2.37. The largest absolute Gasteiger partial charge is 0.379 e. The van der Waals surface area contributed by atoms with Gasteiger partial charge in [0.15, 0.2) is 5.43 Å². The van der Waals surface area contributed by atoms with E-state index in [-0.39, 0.29) is 22.9 Å².